The number of nitrogens with zero attached hydrogens (tertiary/aromatic N) is 1. The van der Waals surface area contributed by atoms with Crippen molar-refractivity contribution in [1.29, 1.82) is 0 Å². The quantitative estimate of drug-likeness (QED) is 0.760. The van der Waals surface area contributed by atoms with Crippen LogP contribution in [0.25, 0.3) is 0 Å². The van der Waals surface area contributed by atoms with Crippen molar-refractivity contribution < 1.29 is 18.0 Å². The van der Waals surface area contributed by atoms with Crippen LogP contribution >= 0.6 is 0 Å². The number of benzene rings is 1. The summed E-state index contributed by atoms with van der Waals surface area (Å²) in [7, 11) is -2.33. The van der Waals surface area contributed by atoms with Gasteiger partial charge in [0, 0.05) is 19.6 Å². The molecular weight excluding hydrogens is 306 g/mol. The molecule has 0 aromatic heterocycles. The van der Waals surface area contributed by atoms with Gasteiger partial charge in [-0.05, 0) is 37.6 Å². The van der Waals surface area contributed by atoms with E-state index in [0.29, 0.717) is 6.54 Å². The van der Waals surface area contributed by atoms with Crippen LogP contribution in [0.2, 0.25) is 0 Å². The molecule has 2 aliphatic rings. The number of imide groups is 1. The van der Waals surface area contributed by atoms with E-state index < -0.39 is 21.8 Å². The third kappa shape index (κ3) is 2.53. The van der Waals surface area contributed by atoms with Gasteiger partial charge in [-0.1, -0.05) is 0 Å². The molecule has 0 aliphatic carbocycles. The van der Waals surface area contributed by atoms with Gasteiger partial charge in [-0.2, -0.15) is 0 Å². The average molecular weight is 323 g/mol. The number of carbonyl (C=O) groups excluding carboxylic acids is 2. The van der Waals surface area contributed by atoms with Crippen LogP contribution in [-0.4, -0.2) is 51.3 Å². The van der Waals surface area contributed by atoms with E-state index >= 15 is 0 Å². The van der Waals surface area contributed by atoms with Crippen molar-refractivity contribution in [2.45, 2.75) is 23.8 Å². The molecular formula is C14H17N3O4S. The summed E-state index contributed by atoms with van der Waals surface area (Å²) in [6, 6.07) is 3.87. The highest BCUT2D eigenvalue weighted by molar-refractivity contribution is 7.89. The highest BCUT2D eigenvalue weighted by atomic mass is 32.2. The molecule has 0 spiro atoms. The van der Waals surface area contributed by atoms with Gasteiger partial charge in [0.15, 0.2) is 0 Å². The third-order valence-electron chi connectivity index (χ3n) is 3.99. The molecule has 2 heterocycles. The van der Waals surface area contributed by atoms with E-state index in [1.54, 1.807) is 0 Å². The largest absolute Gasteiger partial charge is 0.315 e. The zero-order valence-electron chi connectivity index (χ0n) is 12.1. The second-order valence-corrected chi connectivity index (χ2v) is 7.26. The van der Waals surface area contributed by atoms with E-state index in [2.05, 4.69) is 10.0 Å². The van der Waals surface area contributed by atoms with Crippen molar-refractivity contribution in [2.24, 2.45) is 0 Å². The molecule has 3 rings (SSSR count). The van der Waals surface area contributed by atoms with E-state index in [9.17, 15) is 18.0 Å². The second-order valence-electron chi connectivity index (χ2n) is 5.54. The topological polar surface area (TPSA) is 95.6 Å². The van der Waals surface area contributed by atoms with Gasteiger partial charge in [0.2, 0.25) is 10.0 Å². The molecule has 2 aliphatic heterocycles. The molecule has 0 radical (unpaired) electrons. The van der Waals surface area contributed by atoms with Gasteiger partial charge in [0.05, 0.1) is 16.0 Å². The van der Waals surface area contributed by atoms with Crippen molar-refractivity contribution in [1.82, 2.24) is 14.9 Å². The lowest BCUT2D eigenvalue weighted by molar-refractivity contribution is 0.0693. The minimum atomic E-state index is -3.71. The van der Waals surface area contributed by atoms with Gasteiger partial charge < -0.3 is 5.32 Å². The van der Waals surface area contributed by atoms with Crippen LogP contribution in [0.15, 0.2) is 23.1 Å². The Morgan fingerprint density at radius 3 is 2.64 bits per heavy atom. The summed E-state index contributed by atoms with van der Waals surface area (Å²) in [5.74, 6) is -0.884. The van der Waals surface area contributed by atoms with Crippen molar-refractivity contribution >= 4 is 21.8 Å². The first kappa shape index (κ1) is 15.1. The number of piperidine rings is 1. The van der Waals surface area contributed by atoms with Crippen LogP contribution in [0.4, 0.5) is 0 Å². The first-order valence-electron chi connectivity index (χ1n) is 7.09. The number of hydrogen-bond acceptors (Lipinski definition) is 5. The van der Waals surface area contributed by atoms with Crippen LogP contribution in [0.5, 0.6) is 0 Å². The van der Waals surface area contributed by atoms with E-state index in [1.165, 1.54) is 25.2 Å². The Bertz CT molecular complexity index is 738. The molecule has 1 fully saturated rings. The predicted molar refractivity (Wildman–Crippen MR) is 79.1 cm³/mol. The Balaban J connectivity index is 1.89. The standard InChI is InChI=1S/C14H17N3O4S/c1-17-13(18)11-5-4-10(7-12(11)14(17)19)22(20,21)16-9-3-2-6-15-8-9/h4-5,7,9,15-16H,2-3,6,8H2,1H3. The number of carbonyl (C=O) groups is 2. The maximum Gasteiger partial charge on any atom is 0.261 e. The summed E-state index contributed by atoms with van der Waals surface area (Å²) in [6.07, 6.45) is 1.69. The number of fused-ring (bicyclic) bond motifs is 1. The molecule has 1 atom stereocenters. The Hall–Kier alpha value is -1.77. The van der Waals surface area contributed by atoms with Gasteiger partial charge in [0.25, 0.3) is 11.8 Å². The summed E-state index contributed by atoms with van der Waals surface area (Å²) >= 11 is 0. The van der Waals surface area contributed by atoms with Crippen LogP contribution in [0.1, 0.15) is 33.6 Å². The Kier molecular flexibility index (Phi) is 3.75. The molecule has 1 unspecified atom stereocenters. The first-order chi connectivity index (χ1) is 10.4. The molecule has 7 nitrogen and oxygen atoms in total. The molecule has 0 bridgehead atoms. The normalized spacial score (nSPS) is 22.0. The Morgan fingerprint density at radius 1 is 1.23 bits per heavy atom. The average Bonchev–Trinajstić information content (AvgIpc) is 2.72. The summed E-state index contributed by atoms with van der Waals surface area (Å²) in [5.41, 5.74) is 0.378. The van der Waals surface area contributed by atoms with Crippen LogP contribution < -0.4 is 10.0 Å². The summed E-state index contributed by atoms with van der Waals surface area (Å²) in [4.78, 5) is 24.8. The summed E-state index contributed by atoms with van der Waals surface area (Å²) in [6.45, 7) is 1.48. The minimum absolute atomic E-state index is 0.00766. The number of rotatable bonds is 3. The number of nitrogens with one attached hydrogen (secondary N) is 2. The van der Waals surface area contributed by atoms with Gasteiger partial charge >= 0.3 is 0 Å². The molecule has 1 aromatic carbocycles. The zero-order valence-corrected chi connectivity index (χ0v) is 12.9. The first-order valence-corrected chi connectivity index (χ1v) is 8.58. The van der Waals surface area contributed by atoms with E-state index in [4.69, 9.17) is 0 Å². The lowest BCUT2D eigenvalue weighted by Crippen LogP contribution is -2.45. The molecule has 0 saturated carbocycles. The zero-order chi connectivity index (χ0) is 15.9. The predicted octanol–water partition coefficient (Wildman–Crippen LogP) is -0.0573. The number of sulfonamides is 1. The van der Waals surface area contributed by atoms with Crippen molar-refractivity contribution in [3.8, 4) is 0 Å². The van der Waals surface area contributed by atoms with Gasteiger partial charge in [-0.25, -0.2) is 13.1 Å². The molecule has 118 valence electrons. The van der Waals surface area contributed by atoms with Crippen molar-refractivity contribution in [2.75, 3.05) is 20.1 Å². The SMILES string of the molecule is CN1C(=O)c2ccc(S(=O)(=O)NC3CCCNC3)cc2C1=O. The van der Waals surface area contributed by atoms with Gasteiger partial charge in [0.1, 0.15) is 0 Å². The highest BCUT2D eigenvalue weighted by Gasteiger charge is 2.34. The monoisotopic (exact) mass is 323 g/mol. The summed E-state index contributed by atoms with van der Waals surface area (Å²) < 4.78 is 27.5. The lowest BCUT2D eigenvalue weighted by atomic mass is 10.1. The molecule has 2 N–H and O–H groups in total. The van der Waals surface area contributed by atoms with E-state index in [-0.39, 0.29) is 22.1 Å². The molecule has 1 saturated heterocycles. The fraction of sp³-hybridized carbons (Fsp3) is 0.429. The fourth-order valence-electron chi connectivity index (χ4n) is 2.75. The van der Waals surface area contributed by atoms with E-state index in [1.807, 2.05) is 0 Å². The highest BCUT2D eigenvalue weighted by Crippen LogP contribution is 2.24. The lowest BCUT2D eigenvalue weighted by Gasteiger charge is -2.23. The molecule has 22 heavy (non-hydrogen) atoms. The van der Waals surface area contributed by atoms with E-state index in [0.717, 1.165) is 24.3 Å². The van der Waals surface area contributed by atoms with Crippen LogP contribution in [0.3, 0.4) is 0 Å². The Morgan fingerprint density at radius 2 is 1.95 bits per heavy atom. The van der Waals surface area contributed by atoms with Crippen LogP contribution in [-0.2, 0) is 10.0 Å². The molecule has 1 aromatic rings. The van der Waals surface area contributed by atoms with Gasteiger partial charge in [-0.3, -0.25) is 14.5 Å². The summed E-state index contributed by atoms with van der Waals surface area (Å²) in [5, 5.41) is 3.14. The maximum absolute atomic E-state index is 12.4. The fourth-order valence-corrected chi connectivity index (χ4v) is 4.04. The molecule has 2 amide bonds. The smallest absolute Gasteiger partial charge is 0.261 e. The third-order valence-corrected chi connectivity index (χ3v) is 5.51. The second kappa shape index (κ2) is 5.45. The molecule has 8 heteroatoms. The van der Waals surface area contributed by atoms with Crippen LogP contribution in [0, 0.1) is 0 Å². The van der Waals surface area contributed by atoms with Gasteiger partial charge in [-0.15, -0.1) is 0 Å². The number of amides is 2. The van der Waals surface area contributed by atoms with Crippen molar-refractivity contribution in [3.63, 3.8) is 0 Å². The number of hydrogen-bond donors (Lipinski definition) is 2. The maximum atomic E-state index is 12.4. The van der Waals surface area contributed by atoms with Crippen molar-refractivity contribution in [3.05, 3.63) is 29.3 Å². The Labute approximate surface area is 128 Å². The minimum Gasteiger partial charge on any atom is -0.315 e.